The fourth-order valence-corrected chi connectivity index (χ4v) is 3.12. The third kappa shape index (κ3) is 5.15. The Hall–Kier alpha value is -3.39. The largest absolute Gasteiger partial charge is 0.455 e. The van der Waals surface area contributed by atoms with Crippen LogP contribution in [0.15, 0.2) is 48.5 Å². The van der Waals surface area contributed by atoms with Crippen LogP contribution in [0.3, 0.4) is 0 Å². The van der Waals surface area contributed by atoms with Gasteiger partial charge in [-0.25, -0.2) is 0 Å². The molecule has 0 saturated carbocycles. The molecule has 156 valence electrons. The van der Waals surface area contributed by atoms with E-state index in [1.54, 1.807) is 48.5 Å². The molecule has 1 saturated heterocycles. The second-order valence-electron chi connectivity index (χ2n) is 6.81. The normalized spacial score (nSPS) is 15.6. The summed E-state index contributed by atoms with van der Waals surface area (Å²) in [5, 5.41) is 0.528. The minimum Gasteiger partial charge on any atom is -0.455 e. The van der Waals surface area contributed by atoms with Gasteiger partial charge in [-0.3, -0.25) is 30.0 Å². The molecule has 1 heterocycles. The van der Waals surface area contributed by atoms with Crippen LogP contribution in [0, 0.1) is 12.8 Å². The topological polar surface area (TPSA) is 105 Å². The predicted octanol–water partition coefficient (Wildman–Crippen LogP) is 2.01. The van der Waals surface area contributed by atoms with Gasteiger partial charge in [0.1, 0.15) is 0 Å². The van der Waals surface area contributed by atoms with Crippen molar-refractivity contribution in [1.29, 1.82) is 0 Å². The van der Waals surface area contributed by atoms with E-state index in [9.17, 15) is 19.2 Å². The Morgan fingerprint density at radius 1 is 1.13 bits per heavy atom. The van der Waals surface area contributed by atoms with Crippen LogP contribution < -0.4 is 15.8 Å². The average molecular weight is 430 g/mol. The first-order valence-corrected chi connectivity index (χ1v) is 9.60. The smallest absolute Gasteiger partial charge is 0.311 e. The first-order chi connectivity index (χ1) is 14.3. The Labute approximate surface area is 178 Å². The number of nitrogens with zero attached hydrogens (tertiary/aromatic N) is 1. The van der Waals surface area contributed by atoms with E-state index < -0.39 is 30.3 Å². The van der Waals surface area contributed by atoms with Crippen LogP contribution in [0.2, 0.25) is 5.02 Å². The third-order valence-electron chi connectivity index (χ3n) is 4.62. The van der Waals surface area contributed by atoms with E-state index in [1.165, 1.54) is 4.90 Å². The summed E-state index contributed by atoms with van der Waals surface area (Å²) in [4.78, 5) is 49.7. The molecule has 1 fully saturated rings. The number of hydrogen-bond acceptors (Lipinski definition) is 5. The van der Waals surface area contributed by atoms with Gasteiger partial charge in [0.05, 0.1) is 5.92 Å². The highest BCUT2D eigenvalue weighted by Crippen LogP contribution is 2.29. The monoisotopic (exact) mass is 429 g/mol. The lowest BCUT2D eigenvalue weighted by atomic mass is 10.1. The summed E-state index contributed by atoms with van der Waals surface area (Å²) < 4.78 is 4.99. The second-order valence-corrected chi connectivity index (χ2v) is 7.22. The molecule has 1 aliphatic rings. The van der Waals surface area contributed by atoms with Crippen molar-refractivity contribution in [2.75, 3.05) is 18.1 Å². The Kier molecular flexibility index (Phi) is 6.68. The molecule has 3 amide bonds. The van der Waals surface area contributed by atoms with E-state index in [0.717, 1.165) is 5.56 Å². The van der Waals surface area contributed by atoms with Crippen LogP contribution in [0.25, 0.3) is 0 Å². The Balaban J connectivity index is 1.46. The van der Waals surface area contributed by atoms with Gasteiger partial charge in [0.15, 0.2) is 6.61 Å². The molecule has 1 atom stereocenters. The zero-order valence-corrected chi connectivity index (χ0v) is 16.9. The molecule has 0 aromatic heterocycles. The predicted molar refractivity (Wildman–Crippen MR) is 110 cm³/mol. The fraction of sp³-hybridized carbons (Fsp3) is 0.238. The molecule has 1 aliphatic heterocycles. The summed E-state index contributed by atoms with van der Waals surface area (Å²) in [6, 6.07) is 13.5. The van der Waals surface area contributed by atoms with E-state index >= 15 is 0 Å². The van der Waals surface area contributed by atoms with Gasteiger partial charge in [0.2, 0.25) is 5.91 Å². The number of anilines is 1. The Bertz CT molecular complexity index is 980. The third-order valence-corrected chi connectivity index (χ3v) is 5.03. The number of halogens is 1. The van der Waals surface area contributed by atoms with Crippen molar-refractivity contribution < 1.29 is 23.9 Å². The maximum atomic E-state index is 12.3. The summed E-state index contributed by atoms with van der Waals surface area (Å²) >= 11 is 6.11. The van der Waals surface area contributed by atoms with Gasteiger partial charge in [0, 0.05) is 29.2 Å². The molecule has 0 unspecified atom stereocenters. The minimum atomic E-state index is -0.695. The van der Waals surface area contributed by atoms with Crippen molar-refractivity contribution in [1.82, 2.24) is 10.9 Å². The van der Waals surface area contributed by atoms with Crippen molar-refractivity contribution in [3.63, 3.8) is 0 Å². The van der Waals surface area contributed by atoms with Crippen molar-refractivity contribution in [3.05, 3.63) is 64.7 Å². The van der Waals surface area contributed by atoms with E-state index in [4.69, 9.17) is 16.3 Å². The van der Waals surface area contributed by atoms with Crippen molar-refractivity contribution >= 4 is 41.0 Å². The highest BCUT2D eigenvalue weighted by Gasteiger charge is 2.36. The number of nitrogens with one attached hydrogen (secondary N) is 2. The van der Waals surface area contributed by atoms with Crippen LogP contribution in [0.1, 0.15) is 22.3 Å². The maximum Gasteiger partial charge on any atom is 0.311 e. The first kappa shape index (κ1) is 21.3. The minimum absolute atomic E-state index is 0.0172. The molecule has 0 radical (unpaired) electrons. The molecular weight excluding hydrogens is 410 g/mol. The van der Waals surface area contributed by atoms with Crippen LogP contribution in [-0.4, -0.2) is 36.8 Å². The van der Waals surface area contributed by atoms with Gasteiger partial charge < -0.3 is 9.64 Å². The fourth-order valence-electron chi connectivity index (χ4n) is 2.94. The SMILES string of the molecule is Cc1ccc(N2C[C@@H](C(=O)OCC(=O)NNC(=O)c3ccccc3)CC2=O)cc1Cl. The summed E-state index contributed by atoms with van der Waals surface area (Å²) in [6.45, 7) is 1.42. The zero-order chi connectivity index (χ0) is 21.7. The Morgan fingerprint density at radius 2 is 1.87 bits per heavy atom. The highest BCUT2D eigenvalue weighted by atomic mass is 35.5. The molecule has 0 spiro atoms. The molecule has 30 heavy (non-hydrogen) atoms. The molecule has 2 aromatic rings. The van der Waals surface area contributed by atoms with Gasteiger partial charge in [-0.05, 0) is 36.8 Å². The number of hydrogen-bond donors (Lipinski definition) is 2. The van der Waals surface area contributed by atoms with Crippen LogP contribution in [0.4, 0.5) is 5.69 Å². The van der Waals surface area contributed by atoms with E-state index in [0.29, 0.717) is 16.3 Å². The van der Waals surface area contributed by atoms with Gasteiger partial charge >= 0.3 is 5.97 Å². The number of aryl methyl sites for hydroxylation is 1. The molecule has 3 rings (SSSR count). The quantitative estimate of drug-likeness (QED) is 0.558. The lowest BCUT2D eigenvalue weighted by molar-refractivity contribution is -0.152. The van der Waals surface area contributed by atoms with Crippen LogP contribution in [0.5, 0.6) is 0 Å². The Morgan fingerprint density at radius 3 is 2.57 bits per heavy atom. The van der Waals surface area contributed by atoms with E-state index in [2.05, 4.69) is 10.9 Å². The lowest BCUT2D eigenvalue weighted by Gasteiger charge is -2.17. The van der Waals surface area contributed by atoms with Gasteiger partial charge in [-0.15, -0.1) is 0 Å². The molecular formula is C21H20ClN3O5. The molecule has 8 nitrogen and oxygen atoms in total. The zero-order valence-electron chi connectivity index (χ0n) is 16.2. The summed E-state index contributed by atoms with van der Waals surface area (Å²) in [5.74, 6) is -2.77. The molecule has 2 aromatic carbocycles. The van der Waals surface area contributed by atoms with Crippen molar-refractivity contribution in [3.8, 4) is 0 Å². The number of ether oxygens (including phenoxy) is 1. The van der Waals surface area contributed by atoms with E-state index in [-0.39, 0.29) is 18.9 Å². The molecule has 9 heteroatoms. The lowest BCUT2D eigenvalue weighted by Crippen LogP contribution is -2.43. The van der Waals surface area contributed by atoms with Crippen LogP contribution in [-0.2, 0) is 19.1 Å². The number of carbonyl (C=O) groups is 4. The molecule has 0 bridgehead atoms. The van der Waals surface area contributed by atoms with Gasteiger partial charge in [-0.1, -0.05) is 35.9 Å². The first-order valence-electron chi connectivity index (χ1n) is 9.22. The van der Waals surface area contributed by atoms with Crippen molar-refractivity contribution in [2.45, 2.75) is 13.3 Å². The average Bonchev–Trinajstić information content (AvgIpc) is 3.14. The maximum absolute atomic E-state index is 12.3. The van der Waals surface area contributed by atoms with Crippen LogP contribution >= 0.6 is 11.6 Å². The van der Waals surface area contributed by atoms with E-state index in [1.807, 2.05) is 6.92 Å². The number of hydrazine groups is 1. The summed E-state index contributed by atoms with van der Waals surface area (Å²) in [7, 11) is 0. The summed E-state index contributed by atoms with van der Waals surface area (Å²) in [6.07, 6.45) is -0.0172. The standard InChI is InChI=1S/C21H20ClN3O5/c1-13-7-8-16(10-17(13)22)25-11-15(9-19(25)27)21(29)30-12-18(26)23-24-20(28)14-5-3-2-4-6-14/h2-8,10,15H,9,11-12H2,1H3,(H,23,26)(H,24,28)/t15-/m0/s1. The number of esters is 1. The summed E-state index contributed by atoms with van der Waals surface area (Å²) in [5.41, 5.74) is 6.26. The number of amides is 3. The molecule has 0 aliphatic carbocycles. The number of benzene rings is 2. The number of rotatable bonds is 5. The molecule has 2 N–H and O–H groups in total. The second kappa shape index (κ2) is 9.41. The van der Waals surface area contributed by atoms with Gasteiger partial charge in [-0.2, -0.15) is 0 Å². The van der Waals surface area contributed by atoms with Crippen molar-refractivity contribution in [2.24, 2.45) is 5.92 Å². The number of carbonyl (C=O) groups excluding carboxylic acids is 4. The highest BCUT2D eigenvalue weighted by molar-refractivity contribution is 6.31. The van der Waals surface area contributed by atoms with Gasteiger partial charge in [0.25, 0.3) is 11.8 Å².